The Kier molecular flexibility index (Phi) is 9.36. The molecule has 0 aliphatic carbocycles. The molecule has 2 aromatic rings. The van der Waals surface area contributed by atoms with Gasteiger partial charge in [-0.1, -0.05) is 24.3 Å². The largest absolute Gasteiger partial charge is 0.357 e. The van der Waals surface area contributed by atoms with Crippen molar-refractivity contribution in [3.8, 4) is 0 Å². The van der Waals surface area contributed by atoms with Crippen molar-refractivity contribution in [1.82, 2.24) is 29.8 Å². The SMILES string of the molecule is CCNC(=NCc1ccc(CN2CCN(C)CC2)cc1)N1CCC(c2cnn(C)c2)C1.I. The summed E-state index contributed by atoms with van der Waals surface area (Å²) in [6, 6.07) is 9.01. The average Bonchev–Trinajstić information content (AvgIpc) is 3.43. The van der Waals surface area contributed by atoms with Crippen LogP contribution in [0.15, 0.2) is 41.7 Å². The molecule has 32 heavy (non-hydrogen) atoms. The summed E-state index contributed by atoms with van der Waals surface area (Å²) in [5, 5.41) is 7.82. The third-order valence-corrected chi connectivity index (χ3v) is 6.46. The molecule has 2 saturated heterocycles. The Hall–Kier alpha value is -1.65. The molecule has 0 radical (unpaired) electrons. The van der Waals surface area contributed by atoms with Crippen molar-refractivity contribution in [2.75, 3.05) is 52.9 Å². The van der Waals surface area contributed by atoms with Gasteiger partial charge in [-0.15, -0.1) is 24.0 Å². The quantitative estimate of drug-likeness (QED) is 0.340. The molecule has 7 nitrogen and oxygen atoms in total. The van der Waals surface area contributed by atoms with Crippen molar-refractivity contribution < 1.29 is 0 Å². The highest BCUT2D eigenvalue weighted by atomic mass is 127. The molecule has 1 aromatic heterocycles. The standard InChI is InChI=1S/C24H37N7.HI/c1-4-25-24(31-10-9-22(19-31)23-16-27-29(3)18-23)26-15-20-5-7-21(8-6-20)17-30-13-11-28(2)12-14-30;/h5-8,16,18,22H,4,9-15,17,19H2,1-3H3,(H,25,26);1H. The Morgan fingerprint density at radius 3 is 2.44 bits per heavy atom. The van der Waals surface area contributed by atoms with Gasteiger partial charge in [-0.05, 0) is 37.1 Å². The molecule has 1 N–H and O–H groups in total. The van der Waals surface area contributed by atoms with E-state index in [1.807, 2.05) is 17.9 Å². The number of nitrogens with zero attached hydrogens (tertiary/aromatic N) is 6. The number of likely N-dealkylation sites (N-methyl/N-ethyl adjacent to an activating group) is 1. The summed E-state index contributed by atoms with van der Waals surface area (Å²) < 4.78 is 1.89. The number of guanidine groups is 1. The number of piperazine rings is 1. The summed E-state index contributed by atoms with van der Waals surface area (Å²) in [5.41, 5.74) is 3.99. The fourth-order valence-electron chi connectivity index (χ4n) is 4.48. The maximum Gasteiger partial charge on any atom is 0.194 e. The third-order valence-electron chi connectivity index (χ3n) is 6.46. The first kappa shape index (κ1) is 25.0. The van der Waals surface area contributed by atoms with Gasteiger partial charge in [-0.2, -0.15) is 5.10 Å². The van der Waals surface area contributed by atoms with E-state index >= 15 is 0 Å². The van der Waals surface area contributed by atoms with Crippen LogP contribution in [0, 0.1) is 0 Å². The van der Waals surface area contributed by atoms with E-state index in [1.165, 1.54) is 16.7 Å². The molecule has 0 spiro atoms. The molecule has 0 bridgehead atoms. The summed E-state index contributed by atoms with van der Waals surface area (Å²) in [5.74, 6) is 1.56. The molecule has 2 fully saturated rings. The fraction of sp³-hybridized carbons (Fsp3) is 0.583. The highest BCUT2D eigenvalue weighted by Crippen LogP contribution is 2.26. The number of halogens is 1. The molecular formula is C24H38IN7. The third kappa shape index (κ3) is 6.68. The van der Waals surface area contributed by atoms with E-state index in [2.05, 4.69) is 69.5 Å². The molecule has 3 heterocycles. The molecule has 4 rings (SSSR count). The predicted octanol–water partition coefficient (Wildman–Crippen LogP) is 2.74. The number of aryl methyl sites for hydroxylation is 1. The van der Waals surface area contributed by atoms with Crippen LogP contribution in [0.2, 0.25) is 0 Å². The lowest BCUT2D eigenvalue weighted by Gasteiger charge is -2.32. The number of hydrogen-bond donors (Lipinski definition) is 1. The van der Waals surface area contributed by atoms with Crippen molar-refractivity contribution in [3.05, 3.63) is 53.3 Å². The van der Waals surface area contributed by atoms with Crippen LogP contribution in [-0.4, -0.2) is 83.3 Å². The van der Waals surface area contributed by atoms with Gasteiger partial charge in [0.1, 0.15) is 0 Å². The summed E-state index contributed by atoms with van der Waals surface area (Å²) in [4.78, 5) is 12.3. The van der Waals surface area contributed by atoms with E-state index in [9.17, 15) is 0 Å². The molecule has 0 saturated carbocycles. The van der Waals surface area contributed by atoms with Crippen LogP contribution in [0.4, 0.5) is 0 Å². The van der Waals surface area contributed by atoms with E-state index in [0.717, 1.165) is 64.7 Å². The van der Waals surface area contributed by atoms with E-state index in [1.54, 1.807) is 0 Å². The Balaban J connectivity index is 0.00000289. The zero-order valence-corrected chi connectivity index (χ0v) is 22.0. The maximum absolute atomic E-state index is 4.95. The van der Waals surface area contributed by atoms with Crippen LogP contribution in [-0.2, 0) is 20.1 Å². The number of hydrogen-bond acceptors (Lipinski definition) is 4. The van der Waals surface area contributed by atoms with Gasteiger partial charge >= 0.3 is 0 Å². The predicted molar refractivity (Wildman–Crippen MR) is 142 cm³/mol. The first-order valence-corrected chi connectivity index (χ1v) is 11.6. The fourth-order valence-corrected chi connectivity index (χ4v) is 4.48. The van der Waals surface area contributed by atoms with E-state index < -0.39 is 0 Å². The Labute approximate surface area is 209 Å². The Morgan fingerprint density at radius 2 is 1.78 bits per heavy atom. The minimum absolute atomic E-state index is 0. The zero-order chi connectivity index (χ0) is 21.6. The van der Waals surface area contributed by atoms with E-state index in [4.69, 9.17) is 4.99 Å². The normalized spacial score (nSPS) is 20.4. The average molecular weight is 552 g/mol. The number of benzene rings is 1. The van der Waals surface area contributed by atoms with Crippen LogP contribution in [0.25, 0.3) is 0 Å². The van der Waals surface area contributed by atoms with Gasteiger partial charge in [-0.3, -0.25) is 9.58 Å². The molecular weight excluding hydrogens is 513 g/mol. The lowest BCUT2D eigenvalue weighted by Crippen LogP contribution is -2.43. The number of aromatic nitrogens is 2. The molecule has 0 amide bonds. The Morgan fingerprint density at radius 1 is 1.06 bits per heavy atom. The van der Waals surface area contributed by atoms with E-state index in [0.29, 0.717) is 12.5 Å². The topological polar surface area (TPSA) is 51.9 Å². The molecule has 2 aliphatic rings. The highest BCUT2D eigenvalue weighted by Gasteiger charge is 2.26. The zero-order valence-electron chi connectivity index (χ0n) is 19.7. The summed E-state index contributed by atoms with van der Waals surface area (Å²) in [7, 11) is 4.19. The Bertz CT molecular complexity index is 855. The van der Waals surface area contributed by atoms with Crippen molar-refractivity contribution >= 4 is 29.9 Å². The lowest BCUT2D eigenvalue weighted by atomic mass is 10.0. The summed E-state index contributed by atoms with van der Waals surface area (Å²) in [6.07, 6.45) is 5.29. The van der Waals surface area contributed by atoms with Crippen LogP contribution >= 0.6 is 24.0 Å². The maximum atomic E-state index is 4.95. The number of nitrogens with one attached hydrogen (secondary N) is 1. The van der Waals surface area contributed by atoms with Crippen LogP contribution in [0.5, 0.6) is 0 Å². The van der Waals surface area contributed by atoms with Crippen LogP contribution in [0.3, 0.4) is 0 Å². The van der Waals surface area contributed by atoms with Crippen LogP contribution in [0.1, 0.15) is 36.0 Å². The molecule has 176 valence electrons. The lowest BCUT2D eigenvalue weighted by molar-refractivity contribution is 0.148. The molecule has 8 heteroatoms. The van der Waals surface area contributed by atoms with Gasteiger partial charge in [0.05, 0.1) is 12.7 Å². The van der Waals surface area contributed by atoms with Gasteiger partial charge in [0.15, 0.2) is 5.96 Å². The monoisotopic (exact) mass is 551 g/mol. The second kappa shape index (κ2) is 12.0. The summed E-state index contributed by atoms with van der Waals surface area (Å²) >= 11 is 0. The highest BCUT2D eigenvalue weighted by molar-refractivity contribution is 14.0. The van der Waals surface area contributed by atoms with Crippen LogP contribution < -0.4 is 5.32 Å². The van der Waals surface area contributed by atoms with Gasteiger partial charge in [0.2, 0.25) is 0 Å². The molecule has 1 aromatic carbocycles. The number of rotatable bonds is 6. The first-order chi connectivity index (χ1) is 15.1. The second-order valence-electron chi connectivity index (χ2n) is 8.95. The van der Waals surface area contributed by atoms with Crippen molar-refractivity contribution in [1.29, 1.82) is 0 Å². The number of aliphatic imine (C=N–C) groups is 1. The van der Waals surface area contributed by atoms with Crippen molar-refractivity contribution in [2.24, 2.45) is 12.0 Å². The van der Waals surface area contributed by atoms with Gasteiger partial charge in [0.25, 0.3) is 0 Å². The molecule has 2 aliphatic heterocycles. The van der Waals surface area contributed by atoms with Crippen molar-refractivity contribution in [2.45, 2.75) is 32.4 Å². The minimum atomic E-state index is 0. The molecule has 1 unspecified atom stereocenters. The van der Waals surface area contributed by atoms with Gasteiger partial charge < -0.3 is 15.1 Å². The van der Waals surface area contributed by atoms with Gasteiger partial charge in [-0.25, -0.2) is 4.99 Å². The van der Waals surface area contributed by atoms with Crippen molar-refractivity contribution in [3.63, 3.8) is 0 Å². The first-order valence-electron chi connectivity index (χ1n) is 11.6. The smallest absolute Gasteiger partial charge is 0.194 e. The van der Waals surface area contributed by atoms with E-state index in [-0.39, 0.29) is 24.0 Å². The number of likely N-dealkylation sites (tertiary alicyclic amines) is 1. The summed E-state index contributed by atoms with van der Waals surface area (Å²) in [6.45, 7) is 11.5. The minimum Gasteiger partial charge on any atom is -0.357 e. The second-order valence-corrected chi connectivity index (χ2v) is 8.95. The molecule has 1 atom stereocenters. The van der Waals surface area contributed by atoms with Gasteiger partial charge in [0, 0.05) is 71.5 Å².